The lowest BCUT2D eigenvalue weighted by Gasteiger charge is -2.41. The Hall–Kier alpha value is -3.47. The Morgan fingerprint density at radius 1 is 1.14 bits per heavy atom. The molecule has 2 amide bonds. The highest BCUT2D eigenvalue weighted by Crippen LogP contribution is 2.62. The number of carbonyl (C=O) groups excluding carboxylic acids is 3. The van der Waals surface area contributed by atoms with Crippen molar-refractivity contribution in [3.8, 4) is 5.75 Å². The Bertz CT molecular complexity index is 1700. The Morgan fingerprint density at radius 2 is 1.93 bits per heavy atom. The summed E-state index contributed by atoms with van der Waals surface area (Å²) in [7, 11) is 2.74. The molecule has 222 valence electrons. The van der Waals surface area contributed by atoms with E-state index in [-0.39, 0.29) is 34.1 Å². The first-order valence-electron chi connectivity index (χ1n) is 14.1. The molecule has 3 heterocycles. The van der Waals surface area contributed by atoms with Gasteiger partial charge in [0.2, 0.25) is 11.8 Å². The van der Waals surface area contributed by atoms with E-state index in [9.17, 15) is 14.4 Å². The van der Waals surface area contributed by atoms with Crippen molar-refractivity contribution < 1.29 is 28.2 Å². The number of amides is 2. The molecule has 3 fully saturated rings. The number of hydrogen-bond acceptors (Lipinski definition) is 6. The van der Waals surface area contributed by atoms with Gasteiger partial charge in [-0.2, -0.15) is 0 Å². The summed E-state index contributed by atoms with van der Waals surface area (Å²) >= 11 is 9.67. The van der Waals surface area contributed by atoms with Crippen LogP contribution in [0.25, 0.3) is 0 Å². The SMILES string of the molecule is COC(=O)c1ccc(N2C[C@H]3[C@@H](C2=O)C(c2cccc(Br)c2F)[C@]2(C(=O)Nc4cc(Cl)ccc42)N3CC2CC2)cc1OC. The van der Waals surface area contributed by atoms with Gasteiger partial charge < -0.3 is 19.7 Å². The quantitative estimate of drug-likeness (QED) is 0.338. The number of benzene rings is 3. The molecule has 8 nitrogen and oxygen atoms in total. The number of rotatable bonds is 6. The molecule has 0 radical (unpaired) electrons. The molecule has 3 aromatic rings. The van der Waals surface area contributed by atoms with Crippen molar-refractivity contribution in [2.24, 2.45) is 11.8 Å². The van der Waals surface area contributed by atoms with Gasteiger partial charge in [-0.1, -0.05) is 29.8 Å². The van der Waals surface area contributed by atoms with Crippen LogP contribution in [0.1, 0.15) is 40.2 Å². The molecule has 4 atom stereocenters. The highest BCUT2D eigenvalue weighted by atomic mass is 79.9. The largest absolute Gasteiger partial charge is 0.496 e. The van der Waals surface area contributed by atoms with Crippen LogP contribution in [0, 0.1) is 17.7 Å². The average Bonchev–Trinajstić information content (AvgIpc) is 3.62. The van der Waals surface area contributed by atoms with Gasteiger partial charge >= 0.3 is 5.97 Å². The third-order valence-corrected chi connectivity index (χ3v) is 10.2. The average molecular weight is 669 g/mol. The van der Waals surface area contributed by atoms with Crippen molar-refractivity contribution in [1.29, 1.82) is 0 Å². The van der Waals surface area contributed by atoms with Crippen molar-refractivity contribution in [3.63, 3.8) is 0 Å². The van der Waals surface area contributed by atoms with Crippen molar-refractivity contribution >= 4 is 56.7 Å². The van der Waals surface area contributed by atoms with Gasteiger partial charge in [-0.15, -0.1) is 0 Å². The van der Waals surface area contributed by atoms with E-state index in [0.29, 0.717) is 40.0 Å². The highest BCUT2D eigenvalue weighted by molar-refractivity contribution is 9.10. The predicted molar refractivity (Wildman–Crippen MR) is 162 cm³/mol. The smallest absolute Gasteiger partial charge is 0.341 e. The molecule has 3 aliphatic heterocycles. The van der Waals surface area contributed by atoms with Gasteiger partial charge in [0, 0.05) is 53.1 Å². The van der Waals surface area contributed by atoms with Crippen LogP contribution in [0.3, 0.4) is 0 Å². The summed E-state index contributed by atoms with van der Waals surface area (Å²) in [6.07, 6.45) is 2.05. The third kappa shape index (κ3) is 4.13. The Kier molecular flexibility index (Phi) is 6.79. The molecular formula is C32H28BrClFN3O5. The molecule has 1 unspecified atom stereocenters. The topological polar surface area (TPSA) is 88.2 Å². The third-order valence-electron chi connectivity index (χ3n) is 9.35. The number of fused-ring (bicyclic) bond motifs is 3. The molecule has 1 aliphatic carbocycles. The van der Waals surface area contributed by atoms with Crippen LogP contribution in [0.4, 0.5) is 15.8 Å². The second-order valence-corrected chi connectivity index (χ2v) is 12.8. The molecule has 7 rings (SSSR count). The number of ether oxygens (including phenoxy) is 2. The molecule has 43 heavy (non-hydrogen) atoms. The molecule has 0 bridgehead atoms. The number of halogens is 3. The maximum atomic E-state index is 16.1. The summed E-state index contributed by atoms with van der Waals surface area (Å²) in [5.74, 6) is -2.48. The first-order valence-corrected chi connectivity index (χ1v) is 15.3. The number of hydrogen-bond donors (Lipinski definition) is 1. The van der Waals surface area contributed by atoms with E-state index in [1.165, 1.54) is 14.2 Å². The van der Waals surface area contributed by atoms with Crippen LogP contribution in [0.2, 0.25) is 5.02 Å². The zero-order valence-electron chi connectivity index (χ0n) is 23.4. The standard InChI is InChI=1S/C32H28BrClFN3O5/c1-42-25-13-18(9-10-19(25)30(40)43-2)37-15-24-26(29(37)39)27(20-4-3-5-22(33)28(20)35)32(38(24)14-16-6-7-16)21-11-8-17(34)12-23(21)36-31(32)41/h3-5,8-13,16,24,26-27H,6-7,14-15H2,1-2H3,(H,36,41)/t24-,26+,27?,32+/m0/s1. The molecule has 1 N–H and O–H groups in total. The van der Waals surface area contributed by atoms with E-state index in [2.05, 4.69) is 26.1 Å². The van der Waals surface area contributed by atoms with Crippen molar-refractivity contribution in [2.75, 3.05) is 37.5 Å². The zero-order valence-corrected chi connectivity index (χ0v) is 25.7. The molecule has 11 heteroatoms. The summed E-state index contributed by atoms with van der Waals surface area (Å²) in [6, 6.07) is 14.8. The van der Waals surface area contributed by atoms with Crippen molar-refractivity contribution in [3.05, 3.63) is 86.6 Å². The summed E-state index contributed by atoms with van der Waals surface area (Å²) in [5.41, 5.74) is 1.04. The molecular weight excluding hydrogens is 641 g/mol. The Balaban J connectivity index is 1.41. The second-order valence-electron chi connectivity index (χ2n) is 11.5. The van der Waals surface area contributed by atoms with Crippen LogP contribution < -0.4 is 15.0 Å². The second kappa shape index (κ2) is 10.3. The van der Waals surface area contributed by atoms with Crippen molar-refractivity contribution in [2.45, 2.75) is 30.3 Å². The minimum atomic E-state index is -1.31. The van der Waals surface area contributed by atoms with Gasteiger partial charge in [-0.25, -0.2) is 9.18 Å². The highest BCUT2D eigenvalue weighted by Gasteiger charge is 2.71. The molecule has 0 aromatic heterocycles. The lowest BCUT2D eigenvalue weighted by Crippen LogP contribution is -2.54. The first kappa shape index (κ1) is 28.3. The van der Waals surface area contributed by atoms with Gasteiger partial charge in [0.1, 0.15) is 22.7 Å². The fraction of sp³-hybridized carbons (Fsp3) is 0.344. The van der Waals surface area contributed by atoms with Gasteiger partial charge in [0.15, 0.2) is 0 Å². The number of nitrogens with one attached hydrogen (secondary N) is 1. The number of carbonyl (C=O) groups is 3. The van der Waals surface area contributed by atoms with E-state index in [0.717, 1.165) is 12.8 Å². The number of anilines is 2. The number of esters is 1. The van der Waals surface area contributed by atoms with Crippen molar-refractivity contribution in [1.82, 2.24) is 4.90 Å². The van der Waals surface area contributed by atoms with Gasteiger partial charge in [-0.05, 0) is 70.6 Å². The molecule has 4 aliphatic rings. The van der Waals surface area contributed by atoms with E-state index in [1.807, 2.05) is 6.07 Å². The lowest BCUT2D eigenvalue weighted by molar-refractivity contribution is -0.128. The van der Waals surface area contributed by atoms with E-state index >= 15 is 4.39 Å². The number of likely N-dealkylation sites (tertiary alicyclic amines) is 1. The van der Waals surface area contributed by atoms with E-state index in [4.69, 9.17) is 21.1 Å². The minimum Gasteiger partial charge on any atom is -0.496 e. The number of methoxy groups -OCH3 is 2. The van der Waals surface area contributed by atoms with Crippen LogP contribution in [0.15, 0.2) is 59.1 Å². The number of nitrogens with zero attached hydrogens (tertiary/aromatic N) is 2. The minimum absolute atomic E-state index is 0.227. The van der Waals surface area contributed by atoms with Crippen LogP contribution in [0.5, 0.6) is 5.75 Å². The van der Waals surface area contributed by atoms with Crippen LogP contribution >= 0.6 is 27.5 Å². The normalized spacial score (nSPS) is 26.1. The summed E-state index contributed by atoms with van der Waals surface area (Å²) in [4.78, 5) is 45.0. The van der Waals surface area contributed by atoms with E-state index < -0.39 is 35.2 Å². The fourth-order valence-electron chi connectivity index (χ4n) is 7.37. The maximum Gasteiger partial charge on any atom is 0.341 e. The molecule has 3 aromatic carbocycles. The lowest BCUT2D eigenvalue weighted by atomic mass is 9.71. The van der Waals surface area contributed by atoms with Gasteiger partial charge in [-0.3, -0.25) is 14.5 Å². The first-order chi connectivity index (χ1) is 20.7. The molecule has 2 saturated heterocycles. The van der Waals surface area contributed by atoms with Gasteiger partial charge in [0.25, 0.3) is 0 Å². The Morgan fingerprint density at radius 3 is 2.65 bits per heavy atom. The van der Waals surface area contributed by atoms with Gasteiger partial charge in [0.05, 0.1) is 24.6 Å². The summed E-state index contributed by atoms with van der Waals surface area (Å²) < 4.78 is 26.7. The summed E-state index contributed by atoms with van der Waals surface area (Å²) in [6.45, 7) is 0.871. The predicted octanol–water partition coefficient (Wildman–Crippen LogP) is 5.73. The maximum absolute atomic E-state index is 16.1. The molecule has 1 spiro atoms. The van der Waals surface area contributed by atoms with E-state index in [1.54, 1.807) is 53.4 Å². The Labute approximate surface area is 261 Å². The van der Waals surface area contributed by atoms with Crippen LogP contribution in [-0.2, 0) is 19.9 Å². The van der Waals surface area contributed by atoms with Crippen LogP contribution in [-0.4, -0.2) is 56.0 Å². The molecule has 1 saturated carbocycles. The fourth-order valence-corrected chi connectivity index (χ4v) is 7.93. The zero-order chi connectivity index (χ0) is 30.2. The monoisotopic (exact) mass is 667 g/mol. The summed E-state index contributed by atoms with van der Waals surface area (Å²) in [5, 5.41) is 3.50.